The highest BCUT2D eigenvalue weighted by Crippen LogP contribution is 2.39. The molecule has 3 aromatic rings. The Bertz CT molecular complexity index is 1190. The fourth-order valence-corrected chi connectivity index (χ4v) is 4.84. The lowest BCUT2D eigenvalue weighted by Crippen LogP contribution is -2.51. The maximum absolute atomic E-state index is 12.2. The van der Waals surface area contributed by atoms with Gasteiger partial charge in [0.25, 0.3) is 0 Å². The molecule has 166 valence electrons. The third kappa shape index (κ3) is 3.33. The van der Waals surface area contributed by atoms with E-state index >= 15 is 0 Å². The molecule has 0 radical (unpaired) electrons. The van der Waals surface area contributed by atoms with Crippen LogP contribution in [0, 0.1) is 0 Å². The molecule has 0 spiro atoms. The summed E-state index contributed by atoms with van der Waals surface area (Å²) >= 11 is 0. The number of nitrogens with zero attached hydrogens (tertiary/aromatic N) is 4. The van der Waals surface area contributed by atoms with Crippen molar-refractivity contribution in [1.82, 2.24) is 19.5 Å². The van der Waals surface area contributed by atoms with Crippen molar-refractivity contribution in [3.8, 4) is 17.0 Å². The van der Waals surface area contributed by atoms with Crippen LogP contribution < -0.4 is 10.1 Å². The number of nitrogens with one attached hydrogen (secondary N) is 1. The maximum atomic E-state index is 12.2. The zero-order valence-corrected chi connectivity index (χ0v) is 18.0. The highest BCUT2D eigenvalue weighted by atomic mass is 16.6. The molecule has 0 amide bonds. The molecule has 2 fully saturated rings. The Morgan fingerprint density at radius 1 is 1.31 bits per heavy atom. The molecule has 2 unspecified atom stereocenters. The van der Waals surface area contributed by atoms with Crippen molar-refractivity contribution in [3.63, 3.8) is 0 Å². The van der Waals surface area contributed by atoms with Gasteiger partial charge in [0.2, 0.25) is 5.88 Å². The Labute approximate surface area is 185 Å². The first-order valence-corrected chi connectivity index (χ1v) is 10.9. The monoisotopic (exact) mass is 435 g/mol. The van der Waals surface area contributed by atoms with Gasteiger partial charge in [-0.25, -0.2) is 4.52 Å². The molecule has 3 aliphatic heterocycles. The standard InChI is InChI=1S/C23H25N5O4/c1-13(29)14-7-15-9-16(8-14)24-4-6-27-17(10-19(30-2)21-23(27)32-21)12-31-20-3-5-28-22(26-20)18(15)11-25-28/h3,5,7-9,11,17,19,21,23-24H,4,6,10,12H2,1-2H3/t17-,19+,21?,23?/m0/s1. The smallest absolute Gasteiger partial charge is 0.216 e. The summed E-state index contributed by atoms with van der Waals surface area (Å²) in [7, 11) is 1.74. The van der Waals surface area contributed by atoms with E-state index in [0.717, 1.165) is 29.8 Å². The first-order chi connectivity index (χ1) is 15.6. The molecule has 4 atom stereocenters. The number of Topliss-reactive ketones (excluding diaryl/α,β-unsaturated/α-hetero) is 1. The normalized spacial score (nSPS) is 27.1. The predicted octanol–water partition coefficient (Wildman–Crippen LogP) is 2.22. The molecule has 3 aliphatic rings. The van der Waals surface area contributed by atoms with Crippen molar-refractivity contribution in [1.29, 1.82) is 0 Å². The van der Waals surface area contributed by atoms with Crippen LogP contribution in [-0.4, -0.2) is 76.6 Å². The number of methoxy groups -OCH3 is 1. The second-order valence-corrected chi connectivity index (χ2v) is 8.58. The van der Waals surface area contributed by atoms with E-state index in [1.54, 1.807) is 24.7 Å². The molecule has 1 N–H and O–H groups in total. The molecule has 2 aromatic heterocycles. The van der Waals surface area contributed by atoms with Crippen LogP contribution in [0.1, 0.15) is 23.7 Å². The molecular formula is C23H25N5O4. The van der Waals surface area contributed by atoms with Crippen molar-refractivity contribution >= 4 is 17.1 Å². The molecule has 6 rings (SSSR count). The Kier molecular flexibility index (Phi) is 4.63. The zero-order valence-electron chi connectivity index (χ0n) is 18.0. The van der Waals surface area contributed by atoms with Gasteiger partial charge in [0, 0.05) is 55.3 Å². The predicted molar refractivity (Wildman–Crippen MR) is 117 cm³/mol. The average molecular weight is 435 g/mol. The molecule has 9 heteroatoms. The van der Waals surface area contributed by atoms with E-state index in [1.807, 2.05) is 30.5 Å². The minimum absolute atomic E-state index is 0.0143. The zero-order chi connectivity index (χ0) is 21.8. The molecule has 4 bridgehead atoms. The van der Waals surface area contributed by atoms with Gasteiger partial charge in [-0.1, -0.05) is 0 Å². The van der Waals surface area contributed by atoms with Crippen LogP contribution in [0.25, 0.3) is 16.8 Å². The molecule has 32 heavy (non-hydrogen) atoms. The first-order valence-electron chi connectivity index (χ1n) is 10.9. The maximum Gasteiger partial charge on any atom is 0.216 e. The lowest BCUT2D eigenvalue weighted by atomic mass is 9.99. The summed E-state index contributed by atoms with van der Waals surface area (Å²) in [6, 6.07) is 7.80. The number of fused-ring (bicyclic) bond motifs is 7. The van der Waals surface area contributed by atoms with Gasteiger partial charge in [-0.05, 0) is 37.1 Å². The number of aromatic nitrogens is 3. The van der Waals surface area contributed by atoms with Crippen molar-refractivity contribution < 1.29 is 19.0 Å². The van der Waals surface area contributed by atoms with Crippen LogP contribution in [0.3, 0.4) is 0 Å². The van der Waals surface area contributed by atoms with Crippen molar-refractivity contribution in [3.05, 3.63) is 42.2 Å². The summed E-state index contributed by atoms with van der Waals surface area (Å²) in [5, 5.41) is 7.93. The lowest BCUT2D eigenvalue weighted by molar-refractivity contribution is 0.00934. The number of epoxide rings is 1. The third-order valence-electron chi connectivity index (χ3n) is 6.59. The number of anilines is 1. The van der Waals surface area contributed by atoms with Gasteiger partial charge in [-0.2, -0.15) is 10.1 Å². The number of ether oxygens (including phenoxy) is 3. The van der Waals surface area contributed by atoms with Gasteiger partial charge in [0.1, 0.15) is 18.9 Å². The fourth-order valence-electron chi connectivity index (χ4n) is 4.84. The Balaban J connectivity index is 1.42. The van der Waals surface area contributed by atoms with Crippen LogP contribution in [0.15, 0.2) is 36.7 Å². The summed E-state index contributed by atoms with van der Waals surface area (Å²) in [5.74, 6) is 0.561. The largest absolute Gasteiger partial charge is 0.476 e. The first kappa shape index (κ1) is 19.7. The Morgan fingerprint density at radius 2 is 2.22 bits per heavy atom. The molecule has 2 saturated heterocycles. The number of carbonyl (C=O) groups is 1. The van der Waals surface area contributed by atoms with Crippen LogP contribution >= 0.6 is 0 Å². The Hall–Kier alpha value is -3.01. The van der Waals surface area contributed by atoms with Crippen LogP contribution in [0.5, 0.6) is 5.88 Å². The number of carbonyl (C=O) groups excluding carboxylic acids is 1. The summed E-state index contributed by atoms with van der Waals surface area (Å²) in [5.41, 5.74) is 3.97. The summed E-state index contributed by atoms with van der Waals surface area (Å²) in [4.78, 5) is 19.3. The SMILES string of the molecule is CO[C@@H]1C[C@H]2COc3ccn4ncc(c4n3)-c3cc(cc(C(C)=O)c3)NCCN2C2OC21. The van der Waals surface area contributed by atoms with Gasteiger partial charge in [0.05, 0.1) is 12.3 Å². The van der Waals surface area contributed by atoms with Crippen LogP contribution in [0.2, 0.25) is 0 Å². The second kappa shape index (κ2) is 7.54. The van der Waals surface area contributed by atoms with Crippen LogP contribution in [0.4, 0.5) is 5.69 Å². The lowest BCUT2D eigenvalue weighted by Gasteiger charge is -2.36. The van der Waals surface area contributed by atoms with Gasteiger partial charge >= 0.3 is 0 Å². The van der Waals surface area contributed by atoms with Crippen molar-refractivity contribution in [2.24, 2.45) is 0 Å². The number of ketones is 1. The van der Waals surface area contributed by atoms with E-state index in [2.05, 4.69) is 15.3 Å². The Morgan fingerprint density at radius 3 is 3.06 bits per heavy atom. The number of hydrogen-bond donors (Lipinski definition) is 1. The number of rotatable bonds is 2. The third-order valence-corrected chi connectivity index (χ3v) is 6.59. The summed E-state index contributed by atoms with van der Waals surface area (Å²) in [6.45, 7) is 3.58. The summed E-state index contributed by atoms with van der Waals surface area (Å²) < 4.78 is 19.5. The molecule has 1 aromatic carbocycles. The fraction of sp³-hybridized carbons (Fsp3) is 0.435. The highest BCUT2D eigenvalue weighted by Gasteiger charge is 2.55. The van der Waals surface area contributed by atoms with E-state index in [1.165, 1.54) is 0 Å². The molecule has 5 heterocycles. The van der Waals surface area contributed by atoms with Gasteiger partial charge < -0.3 is 19.5 Å². The van der Waals surface area contributed by atoms with E-state index in [4.69, 9.17) is 19.2 Å². The molecule has 9 nitrogen and oxygen atoms in total. The van der Waals surface area contributed by atoms with Gasteiger partial charge in [-0.3, -0.25) is 9.69 Å². The van der Waals surface area contributed by atoms with E-state index in [0.29, 0.717) is 30.2 Å². The highest BCUT2D eigenvalue weighted by molar-refractivity contribution is 5.97. The molecule has 0 saturated carbocycles. The summed E-state index contributed by atoms with van der Waals surface area (Å²) in [6.07, 6.45) is 4.69. The van der Waals surface area contributed by atoms with E-state index in [-0.39, 0.29) is 30.3 Å². The van der Waals surface area contributed by atoms with E-state index in [9.17, 15) is 4.79 Å². The average Bonchev–Trinajstić information content (AvgIpc) is 3.49. The van der Waals surface area contributed by atoms with Crippen LogP contribution in [-0.2, 0) is 9.47 Å². The van der Waals surface area contributed by atoms with Gasteiger partial charge in [-0.15, -0.1) is 0 Å². The second-order valence-electron chi connectivity index (χ2n) is 8.58. The molecule has 0 aliphatic carbocycles. The minimum atomic E-state index is 0.0143. The number of hydrogen-bond acceptors (Lipinski definition) is 8. The quantitative estimate of drug-likeness (QED) is 0.484. The minimum Gasteiger partial charge on any atom is -0.476 e. The number of benzene rings is 1. The van der Waals surface area contributed by atoms with E-state index < -0.39 is 0 Å². The number of piperidine rings is 1. The van der Waals surface area contributed by atoms with Gasteiger partial charge in [0.15, 0.2) is 11.4 Å². The van der Waals surface area contributed by atoms with Crippen molar-refractivity contribution in [2.75, 3.05) is 32.1 Å². The van der Waals surface area contributed by atoms with Crippen molar-refractivity contribution in [2.45, 2.75) is 37.8 Å². The topological polar surface area (TPSA) is 93.5 Å². The molecular weight excluding hydrogens is 410 g/mol.